The molecular weight excluding hydrogens is 350 g/mol. The van der Waals surface area contributed by atoms with Crippen molar-refractivity contribution >= 4 is 23.0 Å². The Morgan fingerprint density at radius 2 is 2.11 bits per heavy atom. The van der Waals surface area contributed by atoms with E-state index in [4.69, 9.17) is 9.15 Å². The molecule has 1 saturated carbocycles. The van der Waals surface area contributed by atoms with E-state index in [0.717, 1.165) is 19.3 Å². The minimum absolute atomic E-state index is 0.0484. The van der Waals surface area contributed by atoms with Crippen molar-refractivity contribution in [3.05, 3.63) is 28.0 Å². The Hall–Kier alpha value is -2.64. The van der Waals surface area contributed by atoms with Crippen molar-refractivity contribution in [3.63, 3.8) is 0 Å². The van der Waals surface area contributed by atoms with Gasteiger partial charge in [-0.25, -0.2) is 9.78 Å². The third kappa shape index (κ3) is 3.89. The summed E-state index contributed by atoms with van der Waals surface area (Å²) in [6.07, 6.45) is 5.60. The van der Waals surface area contributed by atoms with Crippen LogP contribution in [0.3, 0.4) is 0 Å². The third-order valence-electron chi connectivity index (χ3n) is 5.11. The molecule has 1 N–H and O–H groups in total. The highest BCUT2D eigenvalue weighted by atomic mass is 16.5. The molecule has 146 valence electrons. The average molecular weight is 375 g/mol. The molecule has 1 aliphatic carbocycles. The molecule has 0 spiro atoms. The molecule has 0 bridgehead atoms. The summed E-state index contributed by atoms with van der Waals surface area (Å²) in [4.78, 5) is 41.5. The molecule has 0 unspecified atom stereocenters. The number of esters is 1. The number of hydrogen-bond donors (Lipinski definition) is 1. The normalized spacial score (nSPS) is 19.8. The van der Waals surface area contributed by atoms with Gasteiger partial charge in [0.2, 0.25) is 11.6 Å². The summed E-state index contributed by atoms with van der Waals surface area (Å²) >= 11 is 0. The van der Waals surface area contributed by atoms with Gasteiger partial charge in [0.15, 0.2) is 0 Å². The highest BCUT2D eigenvalue weighted by molar-refractivity contribution is 6.03. The molecule has 0 aliphatic heterocycles. The van der Waals surface area contributed by atoms with Crippen LogP contribution in [0.5, 0.6) is 0 Å². The van der Waals surface area contributed by atoms with Crippen LogP contribution in [-0.4, -0.2) is 34.1 Å². The second kappa shape index (κ2) is 7.94. The van der Waals surface area contributed by atoms with Crippen LogP contribution in [-0.2, 0) is 16.1 Å². The number of nitrogens with one attached hydrogen (secondary N) is 1. The minimum Gasteiger partial charge on any atom is -0.462 e. The van der Waals surface area contributed by atoms with Crippen molar-refractivity contribution in [1.29, 1.82) is 0 Å². The van der Waals surface area contributed by atoms with E-state index in [1.165, 1.54) is 17.3 Å². The smallest absolute Gasteiger partial charge is 0.342 e. The van der Waals surface area contributed by atoms with E-state index < -0.39 is 11.5 Å². The van der Waals surface area contributed by atoms with Gasteiger partial charge in [-0.2, -0.15) is 0 Å². The number of furan rings is 1. The Morgan fingerprint density at radius 3 is 2.81 bits per heavy atom. The molecule has 2 heterocycles. The third-order valence-corrected chi connectivity index (χ3v) is 5.11. The van der Waals surface area contributed by atoms with Crippen molar-refractivity contribution in [2.75, 3.05) is 6.61 Å². The molecule has 2 atom stereocenters. The summed E-state index contributed by atoms with van der Waals surface area (Å²) in [6.45, 7) is 5.42. The predicted octanol–water partition coefficient (Wildman–Crippen LogP) is 2.17. The van der Waals surface area contributed by atoms with Gasteiger partial charge in [-0.3, -0.25) is 14.2 Å². The summed E-state index contributed by atoms with van der Waals surface area (Å²) in [5.41, 5.74) is -0.357. The molecule has 3 rings (SSSR count). The first kappa shape index (κ1) is 19.1. The summed E-state index contributed by atoms with van der Waals surface area (Å²) in [5, 5.41) is 3.06. The zero-order valence-corrected chi connectivity index (χ0v) is 15.9. The number of fused-ring (bicyclic) bond motifs is 1. The van der Waals surface area contributed by atoms with E-state index in [1.807, 2.05) is 0 Å². The first-order valence-corrected chi connectivity index (χ1v) is 9.37. The van der Waals surface area contributed by atoms with Crippen LogP contribution < -0.4 is 10.9 Å². The molecule has 1 fully saturated rings. The van der Waals surface area contributed by atoms with Gasteiger partial charge in [-0.15, -0.1) is 0 Å². The zero-order chi connectivity index (χ0) is 19.6. The van der Waals surface area contributed by atoms with Crippen molar-refractivity contribution in [2.45, 2.75) is 59.0 Å². The van der Waals surface area contributed by atoms with E-state index in [-0.39, 0.29) is 47.5 Å². The molecule has 2 aromatic rings. The lowest BCUT2D eigenvalue weighted by Gasteiger charge is -2.29. The zero-order valence-electron chi connectivity index (χ0n) is 15.9. The van der Waals surface area contributed by atoms with Crippen molar-refractivity contribution in [2.24, 2.45) is 5.92 Å². The van der Waals surface area contributed by atoms with Crippen LogP contribution in [0.15, 0.2) is 15.5 Å². The van der Waals surface area contributed by atoms with Crippen LogP contribution >= 0.6 is 0 Å². The van der Waals surface area contributed by atoms with E-state index in [0.29, 0.717) is 5.92 Å². The van der Waals surface area contributed by atoms with E-state index in [2.05, 4.69) is 17.2 Å². The maximum atomic E-state index is 12.8. The van der Waals surface area contributed by atoms with Gasteiger partial charge in [0.1, 0.15) is 29.6 Å². The number of hydrogen-bond acceptors (Lipinski definition) is 6. The fourth-order valence-electron chi connectivity index (χ4n) is 3.64. The molecule has 0 saturated heterocycles. The maximum Gasteiger partial charge on any atom is 0.342 e. The molecule has 27 heavy (non-hydrogen) atoms. The lowest BCUT2D eigenvalue weighted by molar-refractivity contribution is -0.123. The number of amides is 1. The van der Waals surface area contributed by atoms with Gasteiger partial charge in [0, 0.05) is 6.04 Å². The quantitative estimate of drug-likeness (QED) is 0.803. The second-order valence-electron chi connectivity index (χ2n) is 7.05. The fraction of sp³-hybridized carbons (Fsp3) is 0.579. The highest BCUT2D eigenvalue weighted by Gasteiger charge is 2.25. The second-order valence-corrected chi connectivity index (χ2v) is 7.05. The Balaban J connectivity index is 1.86. The number of aryl methyl sites for hydroxylation is 1. The molecule has 0 radical (unpaired) electrons. The molecule has 8 nitrogen and oxygen atoms in total. The summed E-state index contributed by atoms with van der Waals surface area (Å²) in [6, 6.07) is 0.130. The number of carbonyl (C=O) groups is 2. The maximum absolute atomic E-state index is 12.8. The summed E-state index contributed by atoms with van der Waals surface area (Å²) in [7, 11) is 0. The van der Waals surface area contributed by atoms with Gasteiger partial charge >= 0.3 is 5.97 Å². The number of ether oxygens (including phenoxy) is 1. The van der Waals surface area contributed by atoms with Crippen molar-refractivity contribution in [3.8, 4) is 0 Å². The number of aromatic nitrogens is 2. The lowest BCUT2D eigenvalue weighted by Crippen LogP contribution is -2.43. The molecule has 0 aromatic carbocycles. The summed E-state index contributed by atoms with van der Waals surface area (Å²) in [5.74, 6) is -0.181. The Labute approximate surface area is 156 Å². The number of nitrogens with zero attached hydrogens (tertiary/aromatic N) is 2. The van der Waals surface area contributed by atoms with Gasteiger partial charge < -0.3 is 14.5 Å². The molecule has 1 amide bonds. The first-order valence-electron chi connectivity index (χ1n) is 9.37. The van der Waals surface area contributed by atoms with Crippen LogP contribution in [0.25, 0.3) is 11.1 Å². The molecule has 8 heteroatoms. The van der Waals surface area contributed by atoms with Gasteiger partial charge in [-0.1, -0.05) is 19.8 Å². The van der Waals surface area contributed by atoms with E-state index in [1.54, 1.807) is 13.8 Å². The van der Waals surface area contributed by atoms with Crippen LogP contribution in [0.2, 0.25) is 0 Å². The Morgan fingerprint density at radius 1 is 1.37 bits per heavy atom. The number of carbonyl (C=O) groups excluding carboxylic acids is 2. The average Bonchev–Trinajstić information content (AvgIpc) is 2.96. The molecular formula is C19H25N3O5. The SMILES string of the molecule is CCOC(=O)c1c(C)oc2ncn(CC(=O)N[C@H]3CCCC[C@@H]3C)c(=O)c12. The van der Waals surface area contributed by atoms with Gasteiger partial charge in [0.05, 0.1) is 6.61 Å². The highest BCUT2D eigenvalue weighted by Crippen LogP contribution is 2.24. The summed E-state index contributed by atoms with van der Waals surface area (Å²) < 4.78 is 11.6. The molecule has 2 aromatic heterocycles. The van der Waals surface area contributed by atoms with Crippen LogP contribution in [0.4, 0.5) is 0 Å². The van der Waals surface area contributed by atoms with E-state index in [9.17, 15) is 14.4 Å². The lowest BCUT2D eigenvalue weighted by atomic mass is 9.86. The standard InChI is InChI=1S/C19H25N3O5/c1-4-26-19(25)15-12(3)27-17-16(15)18(24)22(10-20-17)9-14(23)21-13-8-6-5-7-11(13)2/h10-11,13H,4-9H2,1-3H3,(H,21,23)/t11-,13-/m0/s1. The van der Waals surface area contributed by atoms with Crippen molar-refractivity contribution < 1.29 is 18.7 Å². The van der Waals surface area contributed by atoms with Crippen LogP contribution in [0.1, 0.15) is 55.6 Å². The topological polar surface area (TPSA) is 103 Å². The Kier molecular flexibility index (Phi) is 5.62. The van der Waals surface area contributed by atoms with Crippen LogP contribution in [0, 0.1) is 12.8 Å². The molecule has 1 aliphatic rings. The van der Waals surface area contributed by atoms with Gasteiger partial charge in [-0.05, 0) is 32.6 Å². The van der Waals surface area contributed by atoms with E-state index >= 15 is 0 Å². The van der Waals surface area contributed by atoms with Gasteiger partial charge in [0.25, 0.3) is 5.56 Å². The van der Waals surface area contributed by atoms with Crippen molar-refractivity contribution in [1.82, 2.24) is 14.9 Å². The predicted molar refractivity (Wildman–Crippen MR) is 98.5 cm³/mol. The fourth-order valence-corrected chi connectivity index (χ4v) is 3.64. The number of rotatable bonds is 5. The largest absolute Gasteiger partial charge is 0.462 e. The first-order chi connectivity index (χ1) is 12.9. The monoisotopic (exact) mass is 375 g/mol. The Bertz CT molecular complexity index is 914. The minimum atomic E-state index is -0.633.